The van der Waals surface area contributed by atoms with E-state index < -0.39 is 5.91 Å². The van der Waals surface area contributed by atoms with Gasteiger partial charge in [-0.3, -0.25) is 24.6 Å². The molecule has 5 N–H and O–H groups in total. The second kappa shape index (κ2) is 15.3. The molecule has 2 saturated heterocycles. The van der Waals surface area contributed by atoms with Crippen molar-refractivity contribution >= 4 is 40.7 Å². The van der Waals surface area contributed by atoms with Crippen LogP contribution in [-0.2, 0) is 9.59 Å². The molecule has 15 nitrogen and oxygen atoms in total. The summed E-state index contributed by atoms with van der Waals surface area (Å²) in [7, 11) is 0. The highest BCUT2D eigenvalue weighted by molar-refractivity contribution is 6.01. The van der Waals surface area contributed by atoms with E-state index in [9.17, 15) is 14.4 Å². The lowest BCUT2D eigenvalue weighted by Gasteiger charge is -2.47. The number of piperazine rings is 1. The highest BCUT2D eigenvalue weighted by Gasteiger charge is 2.36. The minimum atomic E-state index is -0.753. The molecule has 55 heavy (non-hydrogen) atoms. The van der Waals surface area contributed by atoms with Gasteiger partial charge in [0.05, 0.1) is 17.6 Å². The second-order valence-electron chi connectivity index (χ2n) is 14.5. The predicted molar refractivity (Wildman–Crippen MR) is 206 cm³/mol. The molecule has 2 atom stereocenters. The number of hydrogen-bond acceptors (Lipinski definition) is 13. The van der Waals surface area contributed by atoms with Crippen LogP contribution in [0.25, 0.3) is 11.3 Å². The number of piperidine rings is 1. The van der Waals surface area contributed by atoms with E-state index in [4.69, 9.17) is 15.2 Å². The lowest BCUT2D eigenvalue weighted by atomic mass is 9.75. The van der Waals surface area contributed by atoms with Gasteiger partial charge in [0.25, 0.3) is 0 Å². The van der Waals surface area contributed by atoms with Crippen LogP contribution < -0.4 is 26.6 Å². The van der Waals surface area contributed by atoms with E-state index in [2.05, 4.69) is 64.1 Å². The Bertz CT molecular complexity index is 2190. The van der Waals surface area contributed by atoms with Crippen molar-refractivity contribution in [3.63, 3.8) is 0 Å². The first-order chi connectivity index (χ1) is 26.7. The normalized spacial score (nSPS) is 20.7. The van der Waals surface area contributed by atoms with Crippen LogP contribution in [-0.4, -0.2) is 86.0 Å². The van der Waals surface area contributed by atoms with E-state index in [-0.39, 0.29) is 29.7 Å². The minimum Gasteiger partial charge on any atom is -0.374 e. The molecular weight excluding hydrogens is 699 g/mol. The molecule has 0 unspecified atom stereocenters. The number of primary amides is 1. The third kappa shape index (κ3) is 7.87. The van der Waals surface area contributed by atoms with Crippen molar-refractivity contribution in [2.24, 2.45) is 5.73 Å². The summed E-state index contributed by atoms with van der Waals surface area (Å²) in [4.78, 5) is 57.7. The van der Waals surface area contributed by atoms with Crippen molar-refractivity contribution in [3.8, 4) is 11.3 Å². The van der Waals surface area contributed by atoms with Crippen molar-refractivity contribution in [2.75, 3.05) is 41.7 Å². The van der Waals surface area contributed by atoms with Gasteiger partial charge < -0.3 is 25.8 Å². The minimum absolute atomic E-state index is 0.196. The molecule has 1 aliphatic carbocycles. The molecule has 2 aliphatic heterocycles. The average Bonchev–Trinajstić information content (AvgIpc) is 3.68. The first-order valence-corrected chi connectivity index (χ1v) is 18.7. The van der Waals surface area contributed by atoms with Gasteiger partial charge in [-0.2, -0.15) is 4.98 Å². The Labute approximate surface area is 318 Å². The van der Waals surface area contributed by atoms with Crippen LogP contribution in [0.15, 0.2) is 77.7 Å². The molecule has 3 aliphatic rings. The van der Waals surface area contributed by atoms with Crippen LogP contribution >= 0.6 is 0 Å². The van der Waals surface area contributed by atoms with Crippen LogP contribution in [0.5, 0.6) is 0 Å². The van der Waals surface area contributed by atoms with Crippen LogP contribution in [0.2, 0.25) is 0 Å². The van der Waals surface area contributed by atoms with Crippen LogP contribution in [0.1, 0.15) is 77.6 Å². The summed E-state index contributed by atoms with van der Waals surface area (Å²) in [5.41, 5.74) is 12.3. The van der Waals surface area contributed by atoms with Gasteiger partial charge in [0.15, 0.2) is 5.82 Å². The van der Waals surface area contributed by atoms with Crippen molar-refractivity contribution in [3.05, 3.63) is 102 Å². The number of amides is 3. The third-order valence-electron chi connectivity index (χ3n) is 11.0. The Hall–Kier alpha value is -6.22. The SMILES string of the molecule is Cc1cc(-c2cc(Nc3ccc(N4CCN(C5CC(c6ccc(N[C@@H]7CCC(=O)NC7=O)cc6)C5)CC4)cn3)ncn2)ccc1[C@@H](C)c1noc(C(N)=O)n1. The zero-order valence-electron chi connectivity index (χ0n) is 30.7. The number of nitrogens with one attached hydrogen (secondary N) is 3. The lowest BCUT2D eigenvalue weighted by Crippen LogP contribution is -2.53. The fourth-order valence-corrected chi connectivity index (χ4v) is 7.72. The van der Waals surface area contributed by atoms with Gasteiger partial charge >= 0.3 is 11.8 Å². The number of aryl methyl sites for hydroxylation is 1. The number of imide groups is 1. The summed E-state index contributed by atoms with van der Waals surface area (Å²) in [6, 6.07) is 20.6. The molecule has 8 rings (SSSR count). The quantitative estimate of drug-likeness (QED) is 0.138. The first kappa shape index (κ1) is 35.8. The number of pyridine rings is 1. The van der Waals surface area contributed by atoms with Crippen molar-refractivity contribution in [1.29, 1.82) is 0 Å². The molecule has 3 amide bonds. The number of nitrogens with zero attached hydrogens (tertiary/aromatic N) is 7. The molecular formula is C40H43N11O4. The Morgan fingerprint density at radius 3 is 2.45 bits per heavy atom. The molecule has 2 aromatic carbocycles. The van der Waals surface area contributed by atoms with E-state index in [0.29, 0.717) is 42.3 Å². The van der Waals surface area contributed by atoms with E-state index in [1.165, 1.54) is 11.9 Å². The summed E-state index contributed by atoms with van der Waals surface area (Å²) >= 11 is 0. The Morgan fingerprint density at radius 2 is 1.76 bits per heavy atom. The Balaban J connectivity index is 0.806. The average molecular weight is 742 g/mol. The number of anilines is 4. The monoisotopic (exact) mass is 741 g/mol. The van der Waals surface area contributed by atoms with Gasteiger partial charge in [-0.25, -0.2) is 15.0 Å². The zero-order valence-corrected chi connectivity index (χ0v) is 30.7. The van der Waals surface area contributed by atoms with Crippen LogP contribution in [0, 0.1) is 6.92 Å². The van der Waals surface area contributed by atoms with Crippen LogP contribution in [0.3, 0.4) is 0 Å². The number of rotatable bonds is 11. The van der Waals surface area contributed by atoms with E-state index in [0.717, 1.165) is 72.8 Å². The van der Waals surface area contributed by atoms with Crippen molar-refractivity contribution in [2.45, 2.75) is 63.5 Å². The molecule has 0 bridgehead atoms. The highest BCUT2D eigenvalue weighted by atomic mass is 16.5. The maximum absolute atomic E-state index is 12.1. The fraction of sp³-hybridized carbons (Fsp3) is 0.350. The van der Waals surface area contributed by atoms with E-state index >= 15 is 0 Å². The van der Waals surface area contributed by atoms with Crippen LogP contribution in [0.4, 0.5) is 23.0 Å². The summed E-state index contributed by atoms with van der Waals surface area (Å²) in [6.45, 7) is 7.89. The first-order valence-electron chi connectivity index (χ1n) is 18.7. The molecule has 15 heteroatoms. The Morgan fingerprint density at radius 1 is 0.964 bits per heavy atom. The molecule has 5 heterocycles. The van der Waals surface area contributed by atoms with Crippen molar-refractivity contribution < 1.29 is 18.9 Å². The van der Waals surface area contributed by atoms with Gasteiger partial charge in [-0.15, -0.1) is 0 Å². The molecule has 282 valence electrons. The molecule has 5 aromatic rings. The lowest BCUT2D eigenvalue weighted by molar-refractivity contribution is -0.133. The number of carbonyl (C=O) groups is 3. The number of hydrogen-bond donors (Lipinski definition) is 4. The predicted octanol–water partition coefficient (Wildman–Crippen LogP) is 4.51. The topological polar surface area (TPSA) is 197 Å². The molecule has 0 spiro atoms. The summed E-state index contributed by atoms with van der Waals surface area (Å²) in [5.74, 6) is 0.664. The van der Waals surface area contributed by atoms with Gasteiger partial charge in [0.1, 0.15) is 24.0 Å². The maximum Gasteiger partial charge on any atom is 0.315 e. The number of benzene rings is 2. The number of carbonyl (C=O) groups excluding carboxylic acids is 3. The number of nitrogens with two attached hydrogens (primary N) is 1. The molecule has 3 fully saturated rings. The van der Waals surface area contributed by atoms with Gasteiger partial charge in [-0.05, 0) is 79.1 Å². The van der Waals surface area contributed by atoms with Gasteiger partial charge in [0, 0.05) is 61.9 Å². The van der Waals surface area contributed by atoms with Crippen molar-refractivity contribution in [1.82, 2.24) is 35.3 Å². The molecule has 3 aromatic heterocycles. The van der Waals surface area contributed by atoms with Gasteiger partial charge in [-0.1, -0.05) is 36.3 Å². The fourth-order valence-electron chi connectivity index (χ4n) is 7.72. The summed E-state index contributed by atoms with van der Waals surface area (Å²) in [5, 5.41) is 12.9. The largest absolute Gasteiger partial charge is 0.374 e. The zero-order chi connectivity index (χ0) is 38.1. The molecule has 1 saturated carbocycles. The molecule has 0 radical (unpaired) electrons. The van der Waals surface area contributed by atoms with E-state index in [1.54, 1.807) is 0 Å². The summed E-state index contributed by atoms with van der Waals surface area (Å²) < 4.78 is 4.97. The standard InChI is InChI=1S/C40H43N11O4/c1-23-17-26(5-9-31(23)24(2)38-48-40(37(41)53)55-49-38)33-20-35(44-22-43-33)46-34-11-8-29(21-42-34)50-13-15-51(16-14-50)30-18-27(19-30)25-3-6-28(7-4-25)45-32-10-12-36(52)47-39(32)54/h3-9,11,17,20-22,24,27,30,32,45H,10,12-16,18-19H2,1-2H3,(H2,41,53)(H,47,52,54)(H,42,43,44,46)/t24-,27?,30?,32-/m1/s1. The van der Waals surface area contributed by atoms with E-state index in [1.807, 2.05) is 62.5 Å². The smallest absolute Gasteiger partial charge is 0.315 e. The summed E-state index contributed by atoms with van der Waals surface area (Å²) in [6.07, 6.45) is 6.63. The highest BCUT2D eigenvalue weighted by Crippen LogP contribution is 2.40. The maximum atomic E-state index is 12.1. The third-order valence-corrected chi connectivity index (χ3v) is 11.0. The van der Waals surface area contributed by atoms with Gasteiger partial charge in [0.2, 0.25) is 11.8 Å². The number of aromatic nitrogens is 5. The second-order valence-corrected chi connectivity index (χ2v) is 14.5. The Kier molecular flexibility index (Phi) is 9.93.